The van der Waals surface area contributed by atoms with Crippen LogP contribution in [0.1, 0.15) is 88.0 Å². The molecular weight excluding hydrogens is 404 g/mol. The molecule has 2 atom stereocenters. The summed E-state index contributed by atoms with van der Waals surface area (Å²) in [6.45, 7) is 17.0. The van der Waals surface area contributed by atoms with Gasteiger partial charge >= 0.3 is 17.9 Å². The fourth-order valence-electron chi connectivity index (χ4n) is 4.58. The molecule has 0 spiro atoms. The largest absolute Gasteiger partial charge is 0.481 e. The summed E-state index contributed by atoms with van der Waals surface area (Å²) >= 11 is 0. The van der Waals surface area contributed by atoms with Crippen molar-refractivity contribution >= 4 is 23.8 Å². The van der Waals surface area contributed by atoms with E-state index in [4.69, 9.17) is 5.11 Å². The minimum absolute atomic E-state index is 0.0442. The predicted molar refractivity (Wildman–Crippen MR) is 117 cm³/mol. The Bertz CT molecular complexity index is 669. The number of nitrogens with zero attached hydrogens (tertiary/aromatic N) is 1. The van der Waals surface area contributed by atoms with Crippen LogP contribution < -0.4 is 5.32 Å². The Hall–Kier alpha value is -2.16. The third-order valence-electron chi connectivity index (χ3n) is 5.31. The molecule has 0 saturated carbocycles. The lowest BCUT2D eigenvalue weighted by Crippen LogP contribution is -2.72. The molecule has 0 aliphatic rings. The third kappa shape index (κ3) is 7.48. The first-order chi connectivity index (χ1) is 13.7. The van der Waals surface area contributed by atoms with E-state index in [1.807, 2.05) is 67.2 Å². The van der Waals surface area contributed by atoms with Crippen molar-refractivity contribution in [3.8, 4) is 0 Å². The lowest BCUT2D eigenvalue weighted by molar-refractivity contribution is -0.181. The van der Waals surface area contributed by atoms with Gasteiger partial charge in [0.05, 0.1) is 0 Å². The van der Waals surface area contributed by atoms with Gasteiger partial charge in [0.2, 0.25) is 5.91 Å². The highest BCUT2D eigenvalue weighted by atomic mass is 16.4. The van der Waals surface area contributed by atoms with E-state index in [0.29, 0.717) is 0 Å². The zero-order valence-electron chi connectivity index (χ0n) is 20.3. The van der Waals surface area contributed by atoms with E-state index in [1.165, 1.54) is 0 Å². The molecule has 0 saturated heterocycles. The molecule has 180 valence electrons. The van der Waals surface area contributed by atoms with Gasteiger partial charge in [0, 0.05) is 23.9 Å². The molecular formula is C22H40N2O7. The standard InChI is InChI=1S/C22H40N2O7/c1-19(2,3)22(18(30)31,24(20(4,5)6)21(7,8)9)13-12-15(25)23-14(17(28)29)10-11-16(26)27/h14H,10-13H2,1-9H3,(H,23,25)(H,26,27)(H,28,29)(H,30,31)/t14-,22+/m1/s1. The van der Waals surface area contributed by atoms with E-state index in [2.05, 4.69) is 5.32 Å². The number of aliphatic carboxylic acids is 3. The van der Waals surface area contributed by atoms with Gasteiger partial charge < -0.3 is 20.6 Å². The minimum Gasteiger partial charge on any atom is -0.481 e. The fourth-order valence-corrected chi connectivity index (χ4v) is 4.58. The maximum atomic E-state index is 12.8. The molecule has 0 aromatic heterocycles. The number of carbonyl (C=O) groups excluding carboxylic acids is 1. The van der Waals surface area contributed by atoms with Gasteiger partial charge in [0.15, 0.2) is 0 Å². The molecule has 9 heteroatoms. The number of hydrogen-bond donors (Lipinski definition) is 4. The molecule has 0 fully saturated rings. The highest BCUT2D eigenvalue weighted by Gasteiger charge is 2.58. The molecule has 0 aromatic rings. The Morgan fingerprint density at radius 2 is 1.26 bits per heavy atom. The molecule has 0 rings (SSSR count). The first-order valence-electron chi connectivity index (χ1n) is 10.5. The smallest absolute Gasteiger partial charge is 0.326 e. The summed E-state index contributed by atoms with van der Waals surface area (Å²) in [7, 11) is 0. The SMILES string of the molecule is CC(C)(C)N(C(C)(C)C)[C@@](CCC(=O)N[C@H](CCC(=O)O)C(=O)O)(C(=O)O)C(C)(C)C. The molecule has 9 nitrogen and oxygen atoms in total. The molecule has 1 amide bonds. The normalized spacial score (nSPS) is 15.8. The number of carboxylic acids is 3. The molecule has 0 heterocycles. The van der Waals surface area contributed by atoms with E-state index in [1.54, 1.807) is 0 Å². The van der Waals surface area contributed by atoms with Crippen molar-refractivity contribution in [3.05, 3.63) is 0 Å². The first kappa shape index (κ1) is 28.8. The van der Waals surface area contributed by atoms with Crippen molar-refractivity contribution in [3.63, 3.8) is 0 Å². The zero-order chi connectivity index (χ0) is 25.0. The van der Waals surface area contributed by atoms with Gasteiger partial charge in [-0.25, -0.2) is 4.79 Å². The molecule has 4 N–H and O–H groups in total. The number of carbonyl (C=O) groups is 4. The van der Waals surface area contributed by atoms with Crippen LogP contribution in [0, 0.1) is 5.41 Å². The van der Waals surface area contributed by atoms with Gasteiger partial charge in [-0.15, -0.1) is 0 Å². The van der Waals surface area contributed by atoms with Crippen molar-refractivity contribution in [1.29, 1.82) is 0 Å². The highest BCUT2D eigenvalue weighted by molar-refractivity contribution is 5.85. The van der Waals surface area contributed by atoms with E-state index in [-0.39, 0.29) is 19.3 Å². The average molecular weight is 445 g/mol. The van der Waals surface area contributed by atoms with E-state index in [9.17, 15) is 29.4 Å². The van der Waals surface area contributed by atoms with Gasteiger partial charge in [-0.1, -0.05) is 20.8 Å². The number of amides is 1. The lowest BCUT2D eigenvalue weighted by atomic mass is 9.66. The van der Waals surface area contributed by atoms with Crippen molar-refractivity contribution < 1.29 is 34.5 Å². The molecule has 0 bridgehead atoms. The summed E-state index contributed by atoms with van der Waals surface area (Å²) in [5.74, 6) is -4.18. The van der Waals surface area contributed by atoms with Crippen LogP contribution >= 0.6 is 0 Å². The van der Waals surface area contributed by atoms with Gasteiger partial charge in [-0.2, -0.15) is 0 Å². The second-order valence-corrected chi connectivity index (χ2v) is 11.0. The maximum absolute atomic E-state index is 12.8. The Morgan fingerprint density at radius 3 is 1.55 bits per heavy atom. The Balaban J connectivity index is 6.03. The highest BCUT2D eigenvalue weighted by Crippen LogP contribution is 2.47. The summed E-state index contributed by atoms with van der Waals surface area (Å²) in [6.07, 6.45) is -0.920. The van der Waals surface area contributed by atoms with E-state index >= 15 is 0 Å². The van der Waals surface area contributed by atoms with E-state index < -0.39 is 58.3 Å². The van der Waals surface area contributed by atoms with Crippen molar-refractivity contribution in [2.24, 2.45) is 5.41 Å². The van der Waals surface area contributed by atoms with Crippen molar-refractivity contribution in [2.75, 3.05) is 0 Å². The molecule has 0 aliphatic carbocycles. The number of hydrogen-bond acceptors (Lipinski definition) is 5. The van der Waals surface area contributed by atoms with Crippen LogP contribution in [0.25, 0.3) is 0 Å². The second kappa shape index (κ2) is 9.97. The van der Waals surface area contributed by atoms with Crippen molar-refractivity contribution in [2.45, 2.75) is 111 Å². The molecule has 0 aromatic carbocycles. The van der Waals surface area contributed by atoms with E-state index in [0.717, 1.165) is 0 Å². The molecule has 0 radical (unpaired) electrons. The Labute approximate surface area is 185 Å². The first-order valence-corrected chi connectivity index (χ1v) is 10.5. The van der Waals surface area contributed by atoms with Crippen LogP contribution in [0.2, 0.25) is 0 Å². The van der Waals surface area contributed by atoms with Crippen LogP contribution in [0.5, 0.6) is 0 Å². The summed E-state index contributed by atoms with van der Waals surface area (Å²) < 4.78 is 0. The maximum Gasteiger partial charge on any atom is 0.326 e. The van der Waals surface area contributed by atoms with Crippen molar-refractivity contribution in [1.82, 2.24) is 10.2 Å². The monoisotopic (exact) mass is 444 g/mol. The summed E-state index contributed by atoms with van der Waals surface area (Å²) in [5.41, 5.74) is -3.30. The van der Waals surface area contributed by atoms with Gasteiger partial charge in [-0.3, -0.25) is 19.3 Å². The van der Waals surface area contributed by atoms with Crippen LogP contribution in [0.4, 0.5) is 0 Å². The summed E-state index contributed by atoms with van der Waals surface area (Å²) in [6, 6.07) is -1.35. The van der Waals surface area contributed by atoms with Crippen LogP contribution in [0.3, 0.4) is 0 Å². The topological polar surface area (TPSA) is 144 Å². The molecule has 31 heavy (non-hydrogen) atoms. The quantitative estimate of drug-likeness (QED) is 0.402. The van der Waals surface area contributed by atoms with Gasteiger partial charge in [-0.05, 0) is 59.8 Å². The molecule has 0 unspecified atom stereocenters. The number of carboxylic acid groups (broad SMARTS) is 3. The number of rotatable bonds is 10. The average Bonchev–Trinajstić information content (AvgIpc) is 2.50. The zero-order valence-corrected chi connectivity index (χ0v) is 20.3. The van der Waals surface area contributed by atoms with Gasteiger partial charge in [0.1, 0.15) is 11.6 Å². The third-order valence-corrected chi connectivity index (χ3v) is 5.31. The predicted octanol–water partition coefficient (Wildman–Crippen LogP) is 2.97. The summed E-state index contributed by atoms with van der Waals surface area (Å²) in [5, 5.41) is 30.8. The van der Waals surface area contributed by atoms with Gasteiger partial charge in [0.25, 0.3) is 0 Å². The van der Waals surface area contributed by atoms with Crippen LogP contribution in [-0.4, -0.2) is 66.7 Å². The number of nitrogens with one attached hydrogen (secondary N) is 1. The summed E-state index contributed by atoms with van der Waals surface area (Å²) in [4.78, 5) is 49.4. The van der Waals surface area contributed by atoms with Crippen LogP contribution in [-0.2, 0) is 19.2 Å². The Morgan fingerprint density at radius 1 is 0.806 bits per heavy atom. The fraction of sp³-hybridized carbons (Fsp3) is 0.818. The minimum atomic E-state index is -1.43. The lowest BCUT2D eigenvalue weighted by Gasteiger charge is -2.59. The molecule has 0 aliphatic heterocycles. The van der Waals surface area contributed by atoms with Crippen LogP contribution in [0.15, 0.2) is 0 Å². The second-order valence-electron chi connectivity index (χ2n) is 11.0. The Kier molecular flexibility index (Phi) is 9.28.